The molecule has 1 aliphatic rings. The summed E-state index contributed by atoms with van der Waals surface area (Å²) in [6, 6.07) is 2.70. The smallest absolute Gasteiger partial charge is 0.0702 e. The van der Waals surface area contributed by atoms with Crippen LogP contribution in [0.4, 0.5) is 0 Å². The van der Waals surface area contributed by atoms with Crippen LogP contribution >= 0.6 is 11.8 Å². The third-order valence-electron chi connectivity index (χ3n) is 2.12. The van der Waals surface area contributed by atoms with Gasteiger partial charge in [-0.05, 0) is 12.6 Å². The molecule has 2 heterocycles. The zero-order chi connectivity index (χ0) is 8.39. The maximum atomic E-state index is 5.50. The summed E-state index contributed by atoms with van der Waals surface area (Å²) in [5.41, 5.74) is 6.78. The van der Waals surface area contributed by atoms with Gasteiger partial charge in [0, 0.05) is 29.8 Å². The summed E-state index contributed by atoms with van der Waals surface area (Å²) in [6.45, 7) is 0.714. The van der Waals surface area contributed by atoms with Gasteiger partial charge >= 0.3 is 0 Å². The zero-order valence-corrected chi connectivity index (χ0v) is 7.76. The first-order valence-electron chi connectivity index (χ1n) is 4.22. The van der Waals surface area contributed by atoms with E-state index in [1.807, 2.05) is 18.0 Å². The van der Waals surface area contributed by atoms with Crippen molar-refractivity contribution in [2.45, 2.75) is 12.5 Å². The average Bonchev–Trinajstić information content (AvgIpc) is 2.35. The highest BCUT2D eigenvalue weighted by molar-refractivity contribution is 8.00. The van der Waals surface area contributed by atoms with Crippen molar-refractivity contribution in [3.63, 3.8) is 0 Å². The molecule has 0 unspecified atom stereocenters. The maximum absolute atomic E-state index is 5.50. The van der Waals surface area contributed by atoms with Crippen LogP contribution in [0.25, 0.3) is 0 Å². The Morgan fingerprint density at radius 2 is 2.50 bits per heavy atom. The monoisotopic (exact) mass is 183 g/mol. The molecule has 0 atom stereocenters. The Morgan fingerprint density at radius 3 is 3.08 bits per heavy atom. The molecule has 0 amide bonds. The first-order valence-corrected chi connectivity index (χ1v) is 5.37. The van der Waals surface area contributed by atoms with Crippen LogP contribution in [0.1, 0.15) is 11.7 Å². The highest BCUT2D eigenvalue weighted by atomic mass is 32.2. The molecule has 0 radical (unpaired) electrons. The Bertz CT molecular complexity index is 255. The largest absolute Gasteiger partial charge is 0.330 e. The third-order valence-corrected chi connectivity index (χ3v) is 3.36. The van der Waals surface area contributed by atoms with Gasteiger partial charge < -0.3 is 5.73 Å². The fourth-order valence-electron chi connectivity index (χ4n) is 1.38. The van der Waals surface area contributed by atoms with Crippen LogP contribution in [0.2, 0.25) is 0 Å². The summed E-state index contributed by atoms with van der Waals surface area (Å²) in [7, 11) is 0. The summed E-state index contributed by atoms with van der Waals surface area (Å²) in [5, 5.41) is 4.30. The molecule has 12 heavy (non-hydrogen) atoms. The summed E-state index contributed by atoms with van der Waals surface area (Å²) in [4.78, 5) is 0. The van der Waals surface area contributed by atoms with Gasteiger partial charge in [-0.25, -0.2) is 0 Å². The topological polar surface area (TPSA) is 43.8 Å². The van der Waals surface area contributed by atoms with Gasteiger partial charge in [-0.1, -0.05) is 0 Å². The summed E-state index contributed by atoms with van der Waals surface area (Å²) >= 11 is 1.98. The molecule has 1 aliphatic heterocycles. The lowest BCUT2D eigenvalue weighted by molar-refractivity contribution is 0.504. The molecule has 1 fully saturated rings. The van der Waals surface area contributed by atoms with Crippen molar-refractivity contribution >= 4 is 11.8 Å². The molecule has 2 rings (SSSR count). The van der Waals surface area contributed by atoms with Gasteiger partial charge in [-0.2, -0.15) is 16.9 Å². The minimum atomic E-state index is 0.631. The van der Waals surface area contributed by atoms with Gasteiger partial charge in [0.25, 0.3) is 0 Å². The maximum Gasteiger partial charge on any atom is 0.0702 e. The van der Waals surface area contributed by atoms with Crippen molar-refractivity contribution in [2.24, 2.45) is 5.73 Å². The molecule has 0 aromatic carbocycles. The van der Waals surface area contributed by atoms with Gasteiger partial charge in [-0.15, -0.1) is 0 Å². The van der Waals surface area contributed by atoms with E-state index in [0.717, 1.165) is 6.42 Å². The van der Waals surface area contributed by atoms with E-state index < -0.39 is 0 Å². The predicted molar refractivity (Wildman–Crippen MR) is 51.3 cm³/mol. The van der Waals surface area contributed by atoms with Crippen LogP contribution in [0.3, 0.4) is 0 Å². The van der Waals surface area contributed by atoms with Crippen molar-refractivity contribution in [2.75, 3.05) is 18.1 Å². The molecule has 1 aromatic heterocycles. The fraction of sp³-hybridized carbons (Fsp3) is 0.625. The van der Waals surface area contributed by atoms with Gasteiger partial charge in [0.1, 0.15) is 0 Å². The third kappa shape index (κ3) is 1.36. The van der Waals surface area contributed by atoms with Crippen molar-refractivity contribution in [3.05, 3.63) is 18.0 Å². The van der Waals surface area contributed by atoms with Crippen LogP contribution < -0.4 is 5.73 Å². The van der Waals surface area contributed by atoms with Gasteiger partial charge in [0.05, 0.1) is 6.04 Å². The number of aromatic nitrogens is 2. The molecule has 4 heteroatoms. The minimum absolute atomic E-state index is 0.631. The summed E-state index contributed by atoms with van der Waals surface area (Å²) < 4.78 is 2.13. The lowest BCUT2D eigenvalue weighted by Gasteiger charge is -2.26. The predicted octanol–water partition coefficient (Wildman–Crippen LogP) is 0.672. The molecule has 66 valence electrons. The molecule has 0 aliphatic carbocycles. The minimum Gasteiger partial charge on any atom is -0.330 e. The van der Waals surface area contributed by atoms with Crippen LogP contribution in [-0.4, -0.2) is 27.8 Å². The Kier molecular flexibility index (Phi) is 2.37. The van der Waals surface area contributed by atoms with Crippen molar-refractivity contribution in [1.29, 1.82) is 0 Å². The molecule has 1 aromatic rings. The van der Waals surface area contributed by atoms with Crippen LogP contribution in [0.5, 0.6) is 0 Å². The normalized spacial score (nSPS) is 17.8. The first kappa shape index (κ1) is 8.13. The van der Waals surface area contributed by atoms with Crippen LogP contribution in [0.15, 0.2) is 12.3 Å². The van der Waals surface area contributed by atoms with Crippen LogP contribution in [-0.2, 0) is 6.42 Å². The highest BCUT2D eigenvalue weighted by Gasteiger charge is 2.22. The van der Waals surface area contributed by atoms with Crippen molar-refractivity contribution in [3.8, 4) is 0 Å². The highest BCUT2D eigenvalue weighted by Crippen LogP contribution is 2.29. The second kappa shape index (κ2) is 3.49. The Balaban J connectivity index is 2.12. The summed E-state index contributed by atoms with van der Waals surface area (Å²) in [6.07, 6.45) is 2.81. The lowest BCUT2D eigenvalue weighted by Crippen LogP contribution is -2.26. The Hall–Kier alpha value is -0.480. The van der Waals surface area contributed by atoms with Crippen molar-refractivity contribution in [1.82, 2.24) is 9.78 Å². The average molecular weight is 183 g/mol. The van der Waals surface area contributed by atoms with E-state index in [1.54, 1.807) is 0 Å². The van der Waals surface area contributed by atoms with Gasteiger partial charge in [-0.3, -0.25) is 4.68 Å². The standard InChI is InChI=1S/C8H13N3S/c9-3-1-7-2-4-10-11(7)8-5-12-6-8/h2,4,8H,1,3,5-6,9H2. The molecule has 0 bridgehead atoms. The Morgan fingerprint density at radius 1 is 1.67 bits per heavy atom. The van der Waals surface area contributed by atoms with E-state index in [4.69, 9.17) is 5.73 Å². The second-order valence-electron chi connectivity index (χ2n) is 3.00. The van der Waals surface area contributed by atoms with E-state index >= 15 is 0 Å². The summed E-state index contributed by atoms with van der Waals surface area (Å²) in [5.74, 6) is 2.42. The number of nitrogens with zero attached hydrogens (tertiary/aromatic N) is 2. The SMILES string of the molecule is NCCc1ccnn1C1CSC1. The molecular weight excluding hydrogens is 170 g/mol. The van der Waals surface area contributed by atoms with E-state index in [9.17, 15) is 0 Å². The zero-order valence-electron chi connectivity index (χ0n) is 6.94. The van der Waals surface area contributed by atoms with Crippen LogP contribution in [0, 0.1) is 0 Å². The van der Waals surface area contributed by atoms with E-state index in [0.29, 0.717) is 12.6 Å². The molecule has 1 saturated heterocycles. The molecular formula is C8H13N3S. The number of nitrogens with two attached hydrogens (primary N) is 1. The van der Waals surface area contributed by atoms with E-state index in [1.165, 1.54) is 17.2 Å². The van der Waals surface area contributed by atoms with Crippen molar-refractivity contribution < 1.29 is 0 Å². The number of thioether (sulfide) groups is 1. The van der Waals surface area contributed by atoms with Gasteiger partial charge in [0.15, 0.2) is 0 Å². The van der Waals surface area contributed by atoms with E-state index in [-0.39, 0.29) is 0 Å². The Labute approximate surface area is 76.3 Å². The molecule has 2 N–H and O–H groups in total. The number of rotatable bonds is 3. The number of hydrogen-bond acceptors (Lipinski definition) is 3. The second-order valence-corrected chi connectivity index (χ2v) is 4.07. The number of hydrogen-bond donors (Lipinski definition) is 1. The lowest BCUT2D eigenvalue weighted by atomic mass is 10.3. The van der Waals surface area contributed by atoms with E-state index in [2.05, 4.69) is 15.8 Å². The first-order chi connectivity index (χ1) is 5.92. The van der Waals surface area contributed by atoms with Gasteiger partial charge in [0.2, 0.25) is 0 Å². The fourth-order valence-corrected chi connectivity index (χ4v) is 2.11. The molecule has 0 spiro atoms. The quantitative estimate of drug-likeness (QED) is 0.749. The molecule has 0 saturated carbocycles. The molecule has 3 nitrogen and oxygen atoms in total.